The van der Waals surface area contributed by atoms with E-state index in [2.05, 4.69) is 27.0 Å². The molecular formula is C22H34N4OS. The van der Waals surface area contributed by atoms with Crippen LogP contribution in [0.3, 0.4) is 0 Å². The summed E-state index contributed by atoms with van der Waals surface area (Å²) in [7, 11) is 0. The standard InChI is InChI=1S/C22H34N4OS/c27-21(25-12-5-2-6-13-25)19-8-7-11-23-20(19)24-18-22(9-3-1-4-10-22)26-14-16-28-17-15-26/h7-8,11H,1-6,9-10,12-18H2,(H,23,24). The molecule has 2 saturated heterocycles. The van der Waals surface area contributed by atoms with Crippen LogP contribution in [0, 0.1) is 0 Å². The average Bonchev–Trinajstić information content (AvgIpc) is 2.79. The number of hydrogen-bond donors (Lipinski definition) is 1. The summed E-state index contributed by atoms with van der Waals surface area (Å²) < 4.78 is 0. The molecule has 6 heteroatoms. The van der Waals surface area contributed by atoms with E-state index >= 15 is 0 Å². The van der Waals surface area contributed by atoms with Gasteiger partial charge in [-0.15, -0.1) is 0 Å². The zero-order valence-electron chi connectivity index (χ0n) is 17.0. The maximum absolute atomic E-state index is 13.1. The maximum atomic E-state index is 13.1. The molecule has 1 aromatic heterocycles. The smallest absolute Gasteiger partial charge is 0.257 e. The van der Waals surface area contributed by atoms with Crippen LogP contribution in [0.4, 0.5) is 5.82 Å². The third-order valence-corrected chi connectivity index (χ3v) is 7.67. The summed E-state index contributed by atoms with van der Waals surface area (Å²) in [6.45, 7) is 5.03. The van der Waals surface area contributed by atoms with Crippen LogP contribution in [0.5, 0.6) is 0 Å². The van der Waals surface area contributed by atoms with Crippen LogP contribution in [-0.4, -0.2) is 70.5 Å². The highest BCUT2D eigenvalue weighted by atomic mass is 32.2. The molecule has 3 aliphatic rings. The van der Waals surface area contributed by atoms with Crippen molar-refractivity contribution in [2.75, 3.05) is 49.5 Å². The van der Waals surface area contributed by atoms with Crippen LogP contribution in [0.2, 0.25) is 0 Å². The summed E-state index contributed by atoms with van der Waals surface area (Å²) in [4.78, 5) is 22.4. The molecule has 1 aliphatic carbocycles. The Morgan fingerprint density at radius 1 is 1.04 bits per heavy atom. The van der Waals surface area contributed by atoms with Gasteiger partial charge in [-0.2, -0.15) is 11.8 Å². The van der Waals surface area contributed by atoms with Crippen molar-refractivity contribution in [2.45, 2.75) is 56.9 Å². The fourth-order valence-electron chi connectivity index (χ4n) is 5.09. The number of carbonyl (C=O) groups excluding carboxylic acids is 1. The van der Waals surface area contributed by atoms with Crippen molar-refractivity contribution in [3.05, 3.63) is 23.9 Å². The fourth-order valence-corrected chi connectivity index (χ4v) is 5.99. The van der Waals surface area contributed by atoms with Crippen LogP contribution < -0.4 is 5.32 Å². The second kappa shape index (κ2) is 9.49. The molecule has 3 heterocycles. The highest BCUT2D eigenvalue weighted by Gasteiger charge is 2.38. The summed E-state index contributed by atoms with van der Waals surface area (Å²) in [6.07, 6.45) is 11.8. The lowest BCUT2D eigenvalue weighted by Crippen LogP contribution is -2.57. The second-order valence-corrected chi connectivity index (χ2v) is 9.72. The van der Waals surface area contributed by atoms with Gasteiger partial charge in [0, 0.05) is 56.0 Å². The molecule has 3 fully saturated rings. The normalized spacial score (nSPS) is 23.4. The Bertz CT molecular complexity index is 650. The van der Waals surface area contributed by atoms with Gasteiger partial charge in [-0.25, -0.2) is 4.98 Å². The van der Waals surface area contributed by atoms with Gasteiger partial charge in [0.15, 0.2) is 0 Å². The van der Waals surface area contributed by atoms with Crippen molar-refractivity contribution in [1.29, 1.82) is 0 Å². The molecule has 1 saturated carbocycles. The Hall–Kier alpha value is -1.27. The molecule has 1 N–H and O–H groups in total. The van der Waals surface area contributed by atoms with Gasteiger partial charge >= 0.3 is 0 Å². The van der Waals surface area contributed by atoms with E-state index in [1.807, 2.05) is 17.0 Å². The molecule has 0 bridgehead atoms. The fraction of sp³-hybridized carbons (Fsp3) is 0.727. The number of hydrogen-bond acceptors (Lipinski definition) is 5. The van der Waals surface area contributed by atoms with E-state index < -0.39 is 0 Å². The van der Waals surface area contributed by atoms with E-state index in [1.165, 1.54) is 63.1 Å². The van der Waals surface area contributed by atoms with Crippen molar-refractivity contribution < 1.29 is 4.79 Å². The lowest BCUT2D eigenvalue weighted by molar-refractivity contribution is 0.0699. The van der Waals surface area contributed by atoms with Crippen LogP contribution in [0.15, 0.2) is 18.3 Å². The van der Waals surface area contributed by atoms with E-state index in [4.69, 9.17) is 0 Å². The topological polar surface area (TPSA) is 48.5 Å². The number of amides is 1. The van der Waals surface area contributed by atoms with Gasteiger partial charge in [0.1, 0.15) is 5.82 Å². The largest absolute Gasteiger partial charge is 0.368 e. The minimum absolute atomic E-state index is 0.141. The van der Waals surface area contributed by atoms with E-state index in [-0.39, 0.29) is 11.4 Å². The summed E-state index contributed by atoms with van der Waals surface area (Å²) in [5.41, 5.74) is 0.965. The van der Waals surface area contributed by atoms with Gasteiger partial charge in [0.25, 0.3) is 5.91 Å². The Morgan fingerprint density at radius 3 is 2.50 bits per heavy atom. The SMILES string of the molecule is O=C(c1cccnc1NCC1(N2CCSCC2)CCCCC1)N1CCCCC1. The van der Waals surface area contributed by atoms with Crippen LogP contribution in [-0.2, 0) is 0 Å². The van der Waals surface area contributed by atoms with Gasteiger partial charge in [-0.3, -0.25) is 9.69 Å². The first-order valence-electron chi connectivity index (χ1n) is 11.1. The highest BCUT2D eigenvalue weighted by molar-refractivity contribution is 7.99. The van der Waals surface area contributed by atoms with Crippen LogP contribution in [0.1, 0.15) is 61.7 Å². The summed E-state index contributed by atoms with van der Waals surface area (Å²) >= 11 is 2.07. The predicted molar refractivity (Wildman–Crippen MR) is 117 cm³/mol. The molecule has 28 heavy (non-hydrogen) atoms. The maximum Gasteiger partial charge on any atom is 0.257 e. The van der Waals surface area contributed by atoms with Gasteiger partial charge in [-0.1, -0.05) is 19.3 Å². The minimum atomic E-state index is 0.141. The number of nitrogens with one attached hydrogen (secondary N) is 1. The molecule has 0 aromatic carbocycles. The van der Waals surface area contributed by atoms with Crippen molar-refractivity contribution in [3.8, 4) is 0 Å². The Labute approximate surface area is 173 Å². The Balaban J connectivity index is 1.49. The zero-order valence-corrected chi connectivity index (χ0v) is 17.8. The van der Waals surface area contributed by atoms with Crippen molar-refractivity contribution in [3.63, 3.8) is 0 Å². The molecule has 0 spiro atoms. The van der Waals surface area contributed by atoms with E-state index in [0.717, 1.165) is 43.9 Å². The van der Waals surface area contributed by atoms with E-state index in [0.29, 0.717) is 0 Å². The predicted octanol–water partition coefficient (Wildman–Crippen LogP) is 3.87. The molecule has 154 valence electrons. The number of nitrogens with zero attached hydrogens (tertiary/aromatic N) is 3. The first-order valence-corrected chi connectivity index (χ1v) is 12.2. The molecular weight excluding hydrogens is 368 g/mol. The number of piperidine rings is 1. The molecule has 1 aromatic rings. The molecule has 0 radical (unpaired) electrons. The monoisotopic (exact) mass is 402 g/mol. The second-order valence-electron chi connectivity index (χ2n) is 8.49. The number of aromatic nitrogens is 1. The number of likely N-dealkylation sites (tertiary alicyclic amines) is 1. The van der Waals surface area contributed by atoms with Gasteiger partial charge in [0.2, 0.25) is 0 Å². The highest BCUT2D eigenvalue weighted by Crippen LogP contribution is 2.35. The molecule has 1 amide bonds. The average molecular weight is 403 g/mol. The van der Waals surface area contributed by atoms with Crippen molar-refractivity contribution >= 4 is 23.5 Å². The number of pyridine rings is 1. The summed E-state index contributed by atoms with van der Waals surface area (Å²) in [6, 6.07) is 3.83. The number of thioether (sulfide) groups is 1. The molecule has 0 unspecified atom stereocenters. The molecule has 4 rings (SSSR count). The minimum Gasteiger partial charge on any atom is -0.368 e. The lowest BCUT2D eigenvalue weighted by Gasteiger charge is -2.48. The van der Waals surface area contributed by atoms with Crippen LogP contribution >= 0.6 is 11.8 Å². The third kappa shape index (κ3) is 4.48. The third-order valence-electron chi connectivity index (χ3n) is 6.73. The lowest BCUT2D eigenvalue weighted by atomic mass is 9.80. The zero-order chi connectivity index (χ0) is 19.2. The Kier molecular flexibility index (Phi) is 6.78. The summed E-state index contributed by atoms with van der Waals surface area (Å²) in [5, 5.41) is 3.63. The first kappa shape index (κ1) is 20.0. The Morgan fingerprint density at radius 2 is 1.75 bits per heavy atom. The first-order chi connectivity index (χ1) is 13.8. The summed E-state index contributed by atoms with van der Waals surface area (Å²) in [5.74, 6) is 3.39. The number of rotatable bonds is 5. The van der Waals surface area contributed by atoms with Crippen LogP contribution in [0.25, 0.3) is 0 Å². The quantitative estimate of drug-likeness (QED) is 0.810. The number of carbonyl (C=O) groups is 1. The molecule has 0 atom stereocenters. The van der Waals surface area contributed by atoms with Gasteiger partial charge < -0.3 is 10.2 Å². The van der Waals surface area contributed by atoms with E-state index in [9.17, 15) is 4.79 Å². The molecule has 2 aliphatic heterocycles. The van der Waals surface area contributed by atoms with Crippen molar-refractivity contribution in [1.82, 2.24) is 14.8 Å². The van der Waals surface area contributed by atoms with Gasteiger partial charge in [-0.05, 0) is 44.2 Å². The van der Waals surface area contributed by atoms with Crippen molar-refractivity contribution in [2.24, 2.45) is 0 Å². The number of anilines is 1. The van der Waals surface area contributed by atoms with Gasteiger partial charge in [0.05, 0.1) is 5.56 Å². The van der Waals surface area contributed by atoms with E-state index in [1.54, 1.807) is 6.20 Å². The molecule has 5 nitrogen and oxygen atoms in total.